The van der Waals surface area contributed by atoms with E-state index in [0.717, 1.165) is 22.1 Å². The molecule has 0 spiro atoms. The Bertz CT molecular complexity index is 1340. The molecule has 2 aliphatic heterocycles. The summed E-state index contributed by atoms with van der Waals surface area (Å²) in [6, 6.07) is 15.4. The average Bonchev–Trinajstić information content (AvgIpc) is 3.35. The maximum atomic E-state index is 11.6. The molecule has 8 nitrogen and oxygen atoms in total. The van der Waals surface area contributed by atoms with Gasteiger partial charge in [0, 0.05) is 0 Å². The molecule has 0 N–H and O–H groups in total. The maximum absolute atomic E-state index is 11.6. The first-order chi connectivity index (χ1) is 22.7. The first-order valence-corrected chi connectivity index (χ1v) is 46.7. The molecule has 0 aliphatic carbocycles. The molecule has 1 atom stereocenters. The minimum atomic E-state index is -0.995. The van der Waals surface area contributed by atoms with Crippen molar-refractivity contribution in [1.29, 1.82) is 0 Å². The zero-order valence-electron chi connectivity index (χ0n) is 29.9. The van der Waals surface area contributed by atoms with Gasteiger partial charge >= 0.3 is 171 Å². The third-order valence-electron chi connectivity index (χ3n) is 8.60. The van der Waals surface area contributed by atoms with E-state index in [-0.39, 0.29) is 65.8 Å². The van der Waals surface area contributed by atoms with Gasteiger partial charge in [0.2, 0.25) is 0 Å². The number of carbonyl (C=O) groups is 2. The molecule has 2 saturated heterocycles. The molecule has 0 aromatic heterocycles. The molecule has 2 aromatic rings. The van der Waals surface area contributed by atoms with Gasteiger partial charge in [-0.05, 0) is 84.4 Å². The summed E-state index contributed by atoms with van der Waals surface area (Å²) in [7, 11) is 2.04. The van der Waals surface area contributed by atoms with Crippen LogP contribution in [-0.4, -0.2) is 62.8 Å². The van der Waals surface area contributed by atoms with Crippen molar-refractivity contribution < 1.29 is 43.0 Å². The Hall–Kier alpha value is 3.63. The summed E-state index contributed by atoms with van der Waals surface area (Å²) >= 11 is 17.4. The molecule has 0 saturated carbocycles. The van der Waals surface area contributed by atoms with Crippen LogP contribution in [0.15, 0.2) is 48.5 Å². The molecular weight excluding hydrogens is 1510 g/mol. The van der Waals surface area contributed by atoms with E-state index in [1.54, 1.807) is 0 Å². The normalized spacial score (nSPS) is 18.8. The van der Waals surface area contributed by atoms with Gasteiger partial charge in [0.15, 0.2) is 0 Å². The summed E-state index contributed by atoms with van der Waals surface area (Å²) in [4.78, 5) is 22.5. The molecule has 0 radical (unpaired) electrons. The van der Waals surface area contributed by atoms with Gasteiger partial charge in [0.05, 0.1) is 49.0 Å². The van der Waals surface area contributed by atoms with E-state index >= 15 is 0 Å². The van der Waals surface area contributed by atoms with Gasteiger partial charge in [-0.2, -0.15) is 0 Å². The Balaban J connectivity index is 0.000000403. The number of methoxy groups -OCH3 is 2. The summed E-state index contributed by atoms with van der Waals surface area (Å²) < 4.78 is 32.4. The van der Waals surface area contributed by atoms with Gasteiger partial charge < -0.3 is 28.1 Å². The molecular formula is C31H44B2I7O8V2. The number of benzene rings is 2. The zero-order chi connectivity index (χ0) is 38.9. The van der Waals surface area contributed by atoms with Crippen molar-refractivity contribution in [2.75, 3.05) is 14.2 Å². The molecule has 50 heavy (non-hydrogen) atoms. The number of ether oxygens (including phenoxy) is 2. The van der Waals surface area contributed by atoms with Gasteiger partial charge in [0.25, 0.3) is 0 Å². The van der Waals surface area contributed by atoms with E-state index in [4.69, 9.17) is 23.4 Å². The number of hydrogen-bond acceptors (Lipinski definition) is 8. The summed E-state index contributed by atoms with van der Waals surface area (Å²) in [6.45, 7) is 18.0. The minimum absolute atomic E-state index is 0.238. The summed E-state index contributed by atoms with van der Waals surface area (Å²) in [5.41, 5.74) is 2.35. The van der Waals surface area contributed by atoms with Crippen molar-refractivity contribution in [3.63, 3.8) is 0 Å². The number of hydrogen-bond donors (Lipinski definition) is 0. The van der Waals surface area contributed by atoms with Gasteiger partial charge in [-0.15, -0.1) is 0 Å². The van der Waals surface area contributed by atoms with E-state index in [1.807, 2.05) is 111 Å². The van der Waals surface area contributed by atoms with Crippen LogP contribution >= 0.6 is 140 Å². The summed E-state index contributed by atoms with van der Waals surface area (Å²) in [5, 5.41) is 0. The number of esters is 2. The SMILES string of the molecule is COC(=O)C(C)c1ccc(B2OC(C)(C)C(C)(C)O2)cc1.COC(=O)Cc1ccc(B2OC(C)(C)C(C)(C)O2)cc1.[I][V]([I])([I])[I].[I][V]([I])[I]. The van der Waals surface area contributed by atoms with Crippen LogP contribution in [0.5, 0.6) is 0 Å². The van der Waals surface area contributed by atoms with Crippen molar-refractivity contribution in [1.82, 2.24) is 0 Å². The fraction of sp³-hybridized carbons (Fsp3) is 0.548. The fourth-order valence-electron chi connectivity index (χ4n) is 4.24. The van der Waals surface area contributed by atoms with Crippen molar-refractivity contribution in [2.45, 2.75) is 97.1 Å². The van der Waals surface area contributed by atoms with E-state index in [2.05, 4.69) is 145 Å². The molecule has 19 heteroatoms. The monoisotopic (exact) mass is 1560 g/mol. The van der Waals surface area contributed by atoms with E-state index in [9.17, 15) is 9.59 Å². The van der Waals surface area contributed by atoms with Crippen molar-refractivity contribution in [3.05, 3.63) is 59.7 Å². The Morgan fingerprint density at radius 2 is 0.980 bits per heavy atom. The van der Waals surface area contributed by atoms with Gasteiger partial charge in [-0.25, -0.2) is 0 Å². The quantitative estimate of drug-likeness (QED) is 0.161. The number of carbonyl (C=O) groups excluding carboxylic acids is 2. The van der Waals surface area contributed by atoms with Crippen LogP contribution in [-0.2, 0) is 49.4 Å². The first-order valence-electron chi connectivity index (χ1n) is 15.2. The Labute approximate surface area is 383 Å². The van der Waals surface area contributed by atoms with Crippen LogP contribution in [0.3, 0.4) is 0 Å². The van der Waals surface area contributed by atoms with E-state index < -0.39 is 0.376 Å². The second-order valence-corrected chi connectivity index (χ2v) is 119. The zero-order valence-corrected chi connectivity index (χ0v) is 47.8. The van der Waals surface area contributed by atoms with Crippen LogP contribution in [0.4, 0.5) is 0 Å². The van der Waals surface area contributed by atoms with Crippen molar-refractivity contribution in [3.8, 4) is 0 Å². The van der Waals surface area contributed by atoms with Crippen molar-refractivity contribution in [2.24, 2.45) is 0 Å². The van der Waals surface area contributed by atoms with Gasteiger partial charge in [0.1, 0.15) is 0 Å². The van der Waals surface area contributed by atoms with E-state index in [1.165, 1.54) is 14.2 Å². The van der Waals surface area contributed by atoms with Gasteiger partial charge in [-0.1, -0.05) is 48.5 Å². The summed E-state index contributed by atoms with van der Waals surface area (Å²) in [5.74, 6) is -0.755. The number of rotatable bonds is 6. The van der Waals surface area contributed by atoms with E-state index in [0.29, 0.717) is 0 Å². The molecule has 2 fully saturated rings. The summed E-state index contributed by atoms with van der Waals surface area (Å²) in [6.07, 6.45) is 0.278. The van der Waals surface area contributed by atoms with Crippen LogP contribution < -0.4 is 10.9 Å². The van der Waals surface area contributed by atoms with Crippen LogP contribution in [0.25, 0.3) is 0 Å². The Morgan fingerprint density at radius 3 is 1.26 bits per heavy atom. The predicted molar refractivity (Wildman–Crippen MR) is 259 cm³/mol. The fourth-order valence-corrected chi connectivity index (χ4v) is 4.24. The third-order valence-corrected chi connectivity index (χ3v) is 8.60. The Morgan fingerprint density at radius 1 is 0.680 bits per heavy atom. The van der Waals surface area contributed by atoms with Crippen molar-refractivity contribution >= 4 is 177 Å². The second kappa shape index (κ2) is 22.7. The molecule has 2 aromatic carbocycles. The topological polar surface area (TPSA) is 89.5 Å². The first kappa shape index (κ1) is 51.6. The standard InChI is InChI=1S/C16H23BO4.C15H21BO4.7HI.2V/c1-11(14(18)19-6)12-7-9-13(10-8-12)17-20-15(2,3)16(4,5)21-17;1-14(2)15(3,4)20-16(19-14)12-8-6-11(7-9-12)10-13(17)18-5;;;;;;;;;/h7-11H,1-6H3;6-9H,10H2,1-5H3;7*1H;;/q;;;;;;;;;+3;+4/p-7. The van der Waals surface area contributed by atoms with Crippen LogP contribution in [0, 0.1) is 0 Å². The third kappa shape index (κ3) is 18.0. The molecule has 2 aliphatic rings. The molecule has 281 valence electrons. The van der Waals surface area contributed by atoms with Crippen LogP contribution in [0.2, 0.25) is 0 Å². The average molecular weight is 1560 g/mol. The van der Waals surface area contributed by atoms with Gasteiger partial charge in [-0.3, -0.25) is 9.59 Å². The molecule has 1 unspecified atom stereocenters. The molecule has 2 heterocycles. The predicted octanol–water partition coefficient (Wildman–Crippen LogP) is 10.2. The molecule has 4 rings (SSSR count). The number of halogens is 7. The van der Waals surface area contributed by atoms with Crippen LogP contribution in [0.1, 0.15) is 79.4 Å². The molecule has 0 amide bonds. The Kier molecular flexibility index (Phi) is 23.4. The second-order valence-electron chi connectivity index (χ2n) is 13.2. The molecule has 0 bridgehead atoms.